The fraction of sp³-hybridized carbons (Fsp3) is 0.455. The lowest BCUT2D eigenvalue weighted by molar-refractivity contribution is -0.384. The van der Waals surface area contributed by atoms with E-state index in [4.69, 9.17) is 5.11 Å². The van der Waals surface area contributed by atoms with E-state index in [9.17, 15) is 10.1 Å². The largest absolute Gasteiger partial charge is 0.395 e. The van der Waals surface area contributed by atoms with E-state index >= 15 is 0 Å². The lowest BCUT2D eigenvalue weighted by Crippen LogP contribution is -2.31. The van der Waals surface area contributed by atoms with E-state index in [1.54, 1.807) is 12.1 Å². The summed E-state index contributed by atoms with van der Waals surface area (Å²) < 4.78 is 0. The zero-order valence-electron chi connectivity index (χ0n) is 9.38. The maximum absolute atomic E-state index is 10.6. The van der Waals surface area contributed by atoms with Crippen LogP contribution in [0.2, 0.25) is 0 Å². The molecule has 0 aliphatic heterocycles. The highest BCUT2D eigenvalue weighted by atomic mass is 16.6. The summed E-state index contributed by atoms with van der Waals surface area (Å²) in [5.74, 6) is 0. The number of rotatable bonds is 5. The van der Waals surface area contributed by atoms with E-state index in [0.717, 1.165) is 5.56 Å². The molecule has 0 fully saturated rings. The molecule has 0 heterocycles. The summed E-state index contributed by atoms with van der Waals surface area (Å²) in [6, 6.07) is 6.44. The van der Waals surface area contributed by atoms with Gasteiger partial charge in [0.05, 0.1) is 11.5 Å². The van der Waals surface area contributed by atoms with E-state index < -0.39 is 4.92 Å². The first-order valence-corrected chi connectivity index (χ1v) is 5.16. The number of aliphatic hydroxyl groups excluding tert-OH is 1. The number of hydrogen-bond donors (Lipinski definition) is 2. The van der Waals surface area contributed by atoms with Crippen molar-refractivity contribution in [1.29, 1.82) is 0 Å². The van der Waals surface area contributed by atoms with Crippen molar-refractivity contribution in [2.45, 2.75) is 25.9 Å². The number of nitrogens with one attached hydrogen (secondary N) is 1. The van der Waals surface area contributed by atoms with Crippen LogP contribution in [0.3, 0.4) is 0 Å². The van der Waals surface area contributed by atoms with Crippen molar-refractivity contribution in [2.75, 3.05) is 6.61 Å². The maximum atomic E-state index is 10.6. The Morgan fingerprint density at radius 2 is 2.19 bits per heavy atom. The van der Waals surface area contributed by atoms with Gasteiger partial charge in [-0.25, -0.2) is 0 Å². The van der Waals surface area contributed by atoms with Gasteiger partial charge in [-0.15, -0.1) is 0 Å². The molecule has 5 nitrogen and oxygen atoms in total. The maximum Gasteiger partial charge on any atom is 0.269 e. The van der Waals surface area contributed by atoms with E-state index in [2.05, 4.69) is 5.32 Å². The van der Waals surface area contributed by atoms with Gasteiger partial charge in [0.15, 0.2) is 0 Å². The van der Waals surface area contributed by atoms with Crippen molar-refractivity contribution in [2.24, 2.45) is 0 Å². The Kier molecular flexibility index (Phi) is 4.39. The van der Waals surface area contributed by atoms with E-state index in [1.807, 2.05) is 19.9 Å². The molecule has 0 amide bonds. The first-order chi connectivity index (χ1) is 7.54. The Morgan fingerprint density at radius 1 is 1.50 bits per heavy atom. The average molecular weight is 224 g/mol. The molecule has 0 aliphatic carbocycles. The molecule has 1 aromatic carbocycles. The van der Waals surface area contributed by atoms with Crippen molar-refractivity contribution < 1.29 is 10.0 Å². The zero-order chi connectivity index (χ0) is 12.1. The van der Waals surface area contributed by atoms with Crippen LogP contribution in [-0.4, -0.2) is 22.7 Å². The Hall–Kier alpha value is -1.46. The van der Waals surface area contributed by atoms with Gasteiger partial charge in [-0.2, -0.15) is 0 Å². The molecule has 0 spiro atoms. The summed E-state index contributed by atoms with van der Waals surface area (Å²) in [7, 11) is 0. The summed E-state index contributed by atoms with van der Waals surface area (Å²) in [6.07, 6.45) is 0. The van der Waals surface area contributed by atoms with Crippen LogP contribution in [-0.2, 0) is 0 Å². The summed E-state index contributed by atoms with van der Waals surface area (Å²) in [6.45, 7) is 3.80. The number of benzene rings is 1. The van der Waals surface area contributed by atoms with Gasteiger partial charge in [0.25, 0.3) is 5.69 Å². The molecule has 5 heteroatoms. The SMILES string of the molecule is CC(N[C@H](C)CO)c1cccc([N+](=O)[O-])c1. The molecule has 0 aromatic heterocycles. The van der Waals surface area contributed by atoms with Crippen LogP contribution in [0.25, 0.3) is 0 Å². The van der Waals surface area contributed by atoms with Gasteiger partial charge in [-0.1, -0.05) is 12.1 Å². The minimum atomic E-state index is -0.411. The predicted octanol–water partition coefficient (Wildman–Crippen LogP) is 1.63. The van der Waals surface area contributed by atoms with Crippen LogP contribution in [0.5, 0.6) is 0 Å². The highest BCUT2D eigenvalue weighted by Gasteiger charge is 2.12. The number of aliphatic hydroxyl groups is 1. The monoisotopic (exact) mass is 224 g/mol. The van der Waals surface area contributed by atoms with Gasteiger partial charge in [0.2, 0.25) is 0 Å². The van der Waals surface area contributed by atoms with E-state index in [-0.39, 0.29) is 24.4 Å². The Balaban J connectivity index is 2.79. The molecule has 2 N–H and O–H groups in total. The van der Waals surface area contributed by atoms with Crippen LogP contribution in [0.4, 0.5) is 5.69 Å². The Bertz CT molecular complexity index is 368. The van der Waals surface area contributed by atoms with Crippen molar-refractivity contribution in [3.63, 3.8) is 0 Å². The topological polar surface area (TPSA) is 75.4 Å². The van der Waals surface area contributed by atoms with Gasteiger partial charge >= 0.3 is 0 Å². The zero-order valence-corrected chi connectivity index (χ0v) is 9.38. The summed E-state index contributed by atoms with van der Waals surface area (Å²) in [4.78, 5) is 10.2. The Morgan fingerprint density at radius 3 is 2.75 bits per heavy atom. The van der Waals surface area contributed by atoms with Crippen LogP contribution >= 0.6 is 0 Å². The predicted molar refractivity (Wildman–Crippen MR) is 61.2 cm³/mol. The van der Waals surface area contributed by atoms with Gasteiger partial charge in [0, 0.05) is 24.2 Å². The lowest BCUT2D eigenvalue weighted by Gasteiger charge is -2.18. The third-order valence-electron chi connectivity index (χ3n) is 2.39. The van der Waals surface area contributed by atoms with Crippen molar-refractivity contribution in [3.05, 3.63) is 39.9 Å². The minimum absolute atomic E-state index is 0.0259. The fourth-order valence-corrected chi connectivity index (χ4v) is 1.48. The van der Waals surface area contributed by atoms with Gasteiger partial charge in [-0.3, -0.25) is 10.1 Å². The first-order valence-electron chi connectivity index (χ1n) is 5.16. The Labute approximate surface area is 94.3 Å². The number of non-ortho nitro benzene ring substituents is 1. The van der Waals surface area contributed by atoms with Crippen LogP contribution in [0.1, 0.15) is 25.5 Å². The molecule has 0 bridgehead atoms. The summed E-state index contributed by atoms with van der Waals surface area (Å²) in [5.41, 5.74) is 0.928. The molecule has 0 saturated carbocycles. The quantitative estimate of drug-likeness (QED) is 0.588. The molecule has 1 aromatic rings. The highest BCUT2D eigenvalue weighted by molar-refractivity contribution is 5.35. The number of hydrogen-bond acceptors (Lipinski definition) is 4. The molecule has 0 radical (unpaired) electrons. The minimum Gasteiger partial charge on any atom is -0.395 e. The second kappa shape index (κ2) is 5.58. The van der Waals surface area contributed by atoms with Crippen LogP contribution < -0.4 is 5.32 Å². The van der Waals surface area contributed by atoms with E-state index in [0.29, 0.717) is 0 Å². The number of nitro benzene ring substituents is 1. The van der Waals surface area contributed by atoms with Gasteiger partial charge < -0.3 is 10.4 Å². The first kappa shape index (κ1) is 12.6. The second-order valence-electron chi connectivity index (χ2n) is 3.82. The number of nitrogens with zero attached hydrogens (tertiary/aromatic N) is 1. The van der Waals surface area contributed by atoms with Gasteiger partial charge in [0.1, 0.15) is 0 Å². The van der Waals surface area contributed by atoms with Crippen LogP contribution in [0.15, 0.2) is 24.3 Å². The normalized spacial score (nSPS) is 14.4. The highest BCUT2D eigenvalue weighted by Crippen LogP contribution is 2.19. The molecule has 0 saturated heterocycles. The van der Waals surface area contributed by atoms with Gasteiger partial charge in [-0.05, 0) is 19.4 Å². The standard InChI is InChI=1S/C11H16N2O3/c1-8(7-14)12-9(2)10-4-3-5-11(6-10)13(15)16/h3-6,8-9,12,14H,7H2,1-2H3/t8-,9?/m1/s1. The molecule has 1 unspecified atom stereocenters. The molecule has 88 valence electrons. The lowest BCUT2D eigenvalue weighted by atomic mass is 10.1. The third-order valence-corrected chi connectivity index (χ3v) is 2.39. The molecular formula is C11H16N2O3. The van der Waals surface area contributed by atoms with E-state index in [1.165, 1.54) is 6.07 Å². The smallest absolute Gasteiger partial charge is 0.269 e. The summed E-state index contributed by atoms with van der Waals surface area (Å²) >= 11 is 0. The van der Waals surface area contributed by atoms with Crippen molar-refractivity contribution in [3.8, 4) is 0 Å². The fourth-order valence-electron chi connectivity index (χ4n) is 1.48. The molecular weight excluding hydrogens is 208 g/mol. The summed E-state index contributed by atoms with van der Waals surface area (Å²) in [5, 5.41) is 22.6. The molecule has 2 atom stereocenters. The third kappa shape index (κ3) is 3.29. The van der Waals surface area contributed by atoms with Crippen molar-refractivity contribution in [1.82, 2.24) is 5.32 Å². The number of nitro groups is 1. The molecule has 16 heavy (non-hydrogen) atoms. The van der Waals surface area contributed by atoms with Crippen LogP contribution in [0, 0.1) is 10.1 Å². The van der Waals surface area contributed by atoms with Crippen molar-refractivity contribution >= 4 is 5.69 Å². The second-order valence-corrected chi connectivity index (χ2v) is 3.82. The average Bonchev–Trinajstić information content (AvgIpc) is 2.28. The molecule has 0 aliphatic rings. The molecule has 1 rings (SSSR count).